The second-order valence-corrected chi connectivity index (χ2v) is 3.50. The van der Waals surface area contributed by atoms with Gasteiger partial charge in [0, 0.05) is 6.04 Å². The molecular formula is C8H14N4O2. The first-order valence-corrected chi connectivity index (χ1v) is 4.41. The number of aromatic nitrogens is 2. The quantitative estimate of drug-likeness (QED) is 0.734. The molecule has 6 heteroatoms. The highest BCUT2D eigenvalue weighted by Gasteiger charge is 2.18. The van der Waals surface area contributed by atoms with Gasteiger partial charge in [0.05, 0.1) is 0 Å². The van der Waals surface area contributed by atoms with Crippen LogP contribution in [0.4, 0.5) is 5.82 Å². The summed E-state index contributed by atoms with van der Waals surface area (Å²) < 4.78 is 4.32. The van der Waals surface area contributed by atoms with Crippen LogP contribution in [-0.2, 0) is 0 Å². The SMILES string of the molecule is CC(C)C(C)NC(=O)c1nonc1N. The molecule has 0 aliphatic heterocycles. The van der Waals surface area contributed by atoms with Gasteiger partial charge in [-0.25, -0.2) is 4.63 Å². The molecule has 0 radical (unpaired) electrons. The smallest absolute Gasteiger partial charge is 0.277 e. The number of amides is 1. The Hall–Kier alpha value is -1.59. The summed E-state index contributed by atoms with van der Waals surface area (Å²) in [7, 11) is 0. The Labute approximate surface area is 81.8 Å². The zero-order valence-electron chi connectivity index (χ0n) is 8.44. The molecule has 0 saturated heterocycles. The van der Waals surface area contributed by atoms with Gasteiger partial charge in [-0.05, 0) is 23.2 Å². The number of hydrogen-bond donors (Lipinski definition) is 2. The fourth-order valence-corrected chi connectivity index (χ4v) is 0.795. The van der Waals surface area contributed by atoms with Crippen LogP contribution in [0.25, 0.3) is 0 Å². The molecule has 1 aromatic heterocycles. The first kappa shape index (κ1) is 10.5. The second-order valence-electron chi connectivity index (χ2n) is 3.50. The number of nitrogens with zero attached hydrogens (tertiary/aromatic N) is 2. The summed E-state index contributed by atoms with van der Waals surface area (Å²) in [4.78, 5) is 11.5. The van der Waals surface area contributed by atoms with Crippen LogP contribution in [0.3, 0.4) is 0 Å². The first-order chi connectivity index (χ1) is 6.52. The molecule has 6 nitrogen and oxygen atoms in total. The number of hydrogen-bond acceptors (Lipinski definition) is 5. The van der Waals surface area contributed by atoms with Crippen LogP contribution in [0.5, 0.6) is 0 Å². The molecular weight excluding hydrogens is 184 g/mol. The topological polar surface area (TPSA) is 94.0 Å². The van der Waals surface area contributed by atoms with E-state index in [1.165, 1.54) is 0 Å². The van der Waals surface area contributed by atoms with Crippen molar-refractivity contribution in [2.45, 2.75) is 26.8 Å². The number of nitrogens with two attached hydrogens (primary N) is 1. The number of carbonyl (C=O) groups is 1. The van der Waals surface area contributed by atoms with E-state index in [2.05, 4.69) is 20.3 Å². The van der Waals surface area contributed by atoms with Crippen LogP contribution >= 0.6 is 0 Å². The van der Waals surface area contributed by atoms with Crippen molar-refractivity contribution in [1.29, 1.82) is 0 Å². The van der Waals surface area contributed by atoms with Gasteiger partial charge < -0.3 is 11.1 Å². The highest BCUT2D eigenvalue weighted by molar-refractivity contribution is 5.96. The van der Waals surface area contributed by atoms with Crippen molar-refractivity contribution in [3.05, 3.63) is 5.69 Å². The molecule has 1 aromatic rings. The predicted octanol–water partition coefficient (Wildman–Crippen LogP) is 0.426. The van der Waals surface area contributed by atoms with Crippen LogP contribution in [0.15, 0.2) is 4.63 Å². The van der Waals surface area contributed by atoms with Gasteiger partial charge in [0.2, 0.25) is 11.5 Å². The van der Waals surface area contributed by atoms with Crippen LogP contribution < -0.4 is 11.1 Å². The van der Waals surface area contributed by atoms with Gasteiger partial charge in [0.1, 0.15) is 0 Å². The van der Waals surface area contributed by atoms with Gasteiger partial charge in [0.15, 0.2) is 0 Å². The summed E-state index contributed by atoms with van der Waals surface area (Å²) >= 11 is 0. The fraction of sp³-hybridized carbons (Fsp3) is 0.625. The monoisotopic (exact) mass is 198 g/mol. The summed E-state index contributed by atoms with van der Waals surface area (Å²) in [5.41, 5.74) is 5.40. The van der Waals surface area contributed by atoms with Crippen molar-refractivity contribution in [3.8, 4) is 0 Å². The van der Waals surface area contributed by atoms with Gasteiger partial charge in [-0.3, -0.25) is 4.79 Å². The van der Waals surface area contributed by atoms with E-state index >= 15 is 0 Å². The lowest BCUT2D eigenvalue weighted by Gasteiger charge is -2.16. The molecule has 0 spiro atoms. The third-order valence-corrected chi connectivity index (χ3v) is 2.09. The molecule has 0 aromatic carbocycles. The molecule has 78 valence electrons. The lowest BCUT2D eigenvalue weighted by atomic mass is 10.1. The van der Waals surface area contributed by atoms with Crippen LogP contribution in [-0.4, -0.2) is 22.3 Å². The summed E-state index contributed by atoms with van der Waals surface area (Å²) in [5.74, 6) is 0.00319. The van der Waals surface area contributed by atoms with Crippen molar-refractivity contribution in [2.75, 3.05) is 5.73 Å². The van der Waals surface area contributed by atoms with Crippen molar-refractivity contribution < 1.29 is 9.42 Å². The Morgan fingerprint density at radius 2 is 2.07 bits per heavy atom. The van der Waals surface area contributed by atoms with Gasteiger partial charge in [0.25, 0.3) is 5.91 Å². The van der Waals surface area contributed by atoms with Crippen LogP contribution in [0, 0.1) is 5.92 Å². The summed E-state index contributed by atoms with van der Waals surface area (Å²) in [5, 5.41) is 9.47. The molecule has 1 atom stereocenters. The average Bonchev–Trinajstić information content (AvgIpc) is 2.51. The van der Waals surface area contributed by atoms with E-state index in [9.17, 15) is 4.79 Å². The standard InChI is InChI=1S/C8H14N4O2/c1-4(2)5(3)10-8(13)6-7(9)12-14-11-6/h4-5H,1-3H3,(H2,9,12)(H,10,13). The third-order valence-electron chi connectivity index (χ3n) is 2.09. The minimum absolute atomic E-state index is 0.0125. The maximum Gasteiger partial charge on any atom is 0.277 e. The van der Waals surface area contributed by atoms with Gasteiger partial charge in [-0.15, -0.1) is 0 Å². The molecule has 0 aliphatic carbocycles. The van der Waals surface area contributed by atoms with E-state index in [0.717, 1.165) is 0 Å². The molecule has 14 heavy (non-hydrogen) atoms. The lowest BCUT2D eigenvalue weighted by Crippen LogP contribution is -2.36. The minimum Gasteiger partial charge on any atom is -0.379 e. The highest BCUT2D eigenvalue weighted by atomic mass is 16.6. The zero-order valence-corrected chi connectivity index (χ0v) is 8.44. The van der Waals surface area contributed by atoms with Gasteiger partial charge >= 0.3 is 0 Å². The molecule has 1 amide bonds. The molecule has 0 fully saturated rings. The normalized spacial score (nSPS) is 12.9. The predicted molar refractivity (Wildman–Crippen MR) is 50.5 cm³/mol. The van der Waals surface area contributed by atoms with E-state index in [1.807, 2.05) is 20.8 Å². The molecule has 3 N–H and O–H groups in total. The van der Waals surface area contributed by atoms with Crippen molar-refractivity contribution in [1.82, 2.24) is 15.6 Å². The van der Waals surface area contributed by atoms with Crippen LogP contribution in [0.1, 0.15) is 31.3 Å². The van der Waals surface area contributed by atoms with Crippen molar-refractivity contribution in [2.24, 2.45) is 5.92 Å². The number of nitrogens with one attached hydrogen (secondary N) is 1. The molecule has 1 unspecified atom stereocenters. The molecule has 1 heterocycles. The minimum atomic E-state index is -0.357. The summed E-state index contributed by atoms with van der Waals surface area (Å²) in [6.45, 7) is 5.93. The van der Waals surface area contributed by atoms with E-state index in [0.29, 0.717) is 5.92 Å². The van der Waals surface area contributed by atoms with E-state index in [1.54, 1.807) is 0 Å². The molecule has 0 aliphatic rings. The Bertz CT molecular complexity index is 321. The lowest BCUT2D eigenvalue weighted by molar-refractivity contribution is 0.0921. The van der Waals surface area contributed by atoms with E-state index < -0.39 is 0 Å². The largest absolute Gasteiger partial charge is 0.379 e. The first-order valence-electron chi connectivity index (χ1n) is 4.41. The number of rotatable bonds is 3. The Morgan fingerprint density at radius 3 is 2.50 bits per heavy atom. The number of carbonyl (C=O) groups excluding carboxylic acids is 1. The van der Waals surface area contributed by atoms with E-state index in [4.69, 9.17) is 5.73 Å². The molecule has 0 saturated carbocycles. The molecule has 1 rings (SSSR count). The Balaban J connectivity index is 2.64. The van der Waals surface area contributed by atoms with Gasteiger partial charge in [-0.1, -0.05) is 13.8 Å². The van der Waals surface area contributed by atoms with Crippen molar-refractivity contribution >= 4 is 11.7 Å². The van der Waals surface area contributed by atoms with E-state index in [-0.39, 0.29) is 23.5 Å². The summed E-state index contributed by atoms with van der Waals surface area (Å²) in [6.07, 6.45) is 0. The average molecular weight is 198 g/mol. The maximum atomic E-state index is 11.5. The second kappa shape index (κ2) is 4.08. The highest BCUT2D eigenvalue weighted by Crippen LogP contribution is 2.06. The Morgan fingerprint density at radius 1 is 1.43 bits per heavy atom. The zero-order chi connectivity index (χ0) is 10.7. The fourth-order valence-electron chi connectivity index (χ4n) is 0.795. The van der Waals surface area contributed by atoms with Crippen molar-refractivity contribution in [3.63, 3.8) is 0 Å². The van der Waals surface area contributed by atoms with Crippen LogP contribution in [0.2, 0.25) is 0 Å². The molecule has 0 bridgehead atoms. The summed E-state index contributed by atoms with van der Waals surface area (Å²) in [6, 6.07) is 0.0543. The number of anilines is 1. The number of nitrogen functional groups attached to an aromatic ring is 1. The Kier molecular flexibility index (Phi) is 3.06. The maximum absolute atomic E-state index is 11.5. The third kappa shape index (κ3) is 2.21. The van der Waals surface area contributed by atoms with Gasteiger partial charge in [-0.2, -0.15) is 0 Å².